The van der Waals surface area contributed by atoms with E-state index in [9.17, 15) is 4.79 Å². The predicted octanol–water partition coefficient (Wildman–Crippen LogP) is 1.61. The van der Waals surface area contributed by atoms with Crippen LogP contribution in [0.5, 0.6) is 0 Å². The fourth-order valence-electron chi connectivity index (χ4n) is 2.61. The molecule has 1 aliphatic heterocycles. The van der Waals surface area contributed by atoms with Gasteiger partial charge in [-0.3, -0.25) is 9.69 Å². The molecule has 5 nitrogen and oxygen atoms in total. The van der Waals surface area contributed by atoms with Crippen molar-refractivity contribution < 1.29 is 9.53 Å². The number of piperazine rings is 1. The van der Waals surface area contributed by atoms with E-state index in [1.165, 1.54) is 5.69 Å². The Morgan fingerprint density at radius 1 is 1.27 bits per heavy atom. The Labute approximate surface area is 137 Å². The number of nitrogens with one attached hydrogen (secondary N) is 1. The Morgan fingerprint density at radius 2 is 1.91 bits per heavy atom. The van der Waals surface area contributed by atoms with Gasteiger partial charge in [-0.05, 0) is 31.2 Å². The summed E-state index contributed by atoms with van der Waals surface area (Å²) in [5, 5.41) is 3.65. The third-order valence-corrected chi connectivity index (χ3v) is 4.29. The fraction of sp³-hybridized carbons (Fsp3) is 0.562. The molecular formula is C16H24ClN3O2. The predicted molar refractivity (Wildman–Crippen MR) is 89.6 cm³/mol. The van der Waals surface area contributed by atoms with Crippen molar-refractivity contribution in [2.45, 2.75) is 13.0 Å². The van der Waals surface area contributed by atoms with Gasteiger partial charge in [0.05, 0.1) is 12.6 Å². The smallest absolute Gasteiger partial charge is 0.237 e. The molecule has 22 heavy (non-hydrogen) atoms. The van der Waals surface area contributed by atoms with Gasteiger partial charge >= 0.3 is 0 Å². The van der Waals surface area contributed by atoms with Gasteiger partial charge in [-0.2, -0.15) is 0 Å². The first-order chi connectivity index (χ1) is 10.6. The van der Waals surface area contributed by atoms with E-state index in [1.54, 1.807) is 7.11 Å². The first kappa shape index (κ1) is 17.1. The van der Waals surface area contributed by atoms with E-state index in [4.69, 9.17) is 16.3 Å². The highest BCUT2D eigenvalue weighted by Gasteiger charge is 2.25. The number of rotatable bonds is 6. The molecule has 0 unspecified atom stereocenters. The van der Waals surface area contributed by atoms with Crippen LogP contribution in [-0.4, -0.2) is 63.3 Å². The summed E-state index contributed by atoms with van der Waals surface area (Å²) in [6, 6.07) is 7.80. The third kappa shape index (κ3) is 4.60. The molecule has 1 fully saturated rings. The molecule has 122 valence electrons. The van der Waals surface area contributed by atoms with Gasteiger partial charge < -0.3 is 15.0 Å². The lowest BCUT2D eigenvalue weighted by Gasteiger charge is -2.38. The Morgan fingerprint density at radius 3 is 2.50 bits per heavy atom. The average Bonchev–Trinajstić information content (AvgIpc) is 2.55. The number of amides is 1. The number of hydrogen-bond acceptors (Lipinski definition) is 4. The fourth-order valence-corrected chi connectivity index (χ4v) is 2.74. The third-order valence-electron chi connectivity index (χ3n) is 4.04. The van der Waals surface area contributed by atoms with Crippen LogP contribution in [0.4, 0.5) is 5.69 Å². The lowest BCUT2D eigenvalue weighted by Crippen LogP contribution is -2.54. The van der Waals surface area contributed by atoms with E-state index in [1.807, 2.05) is 31.2 Å². The summed E-state index contributed by atoms with van der Waals surface area (Å²) in [5.74, 6) is 0.0667. The van der Waals surface area contributed by atoms with E-state index in [2.05, 4.69) is 15.1 Å². The average molecular weight is 326 g/mol. The molecule has 0 radical (unpaired) electrons. The second-order valence-electron chi connectivity index (χ2n) is 5.46. The lowest BCUT2D eigenvalue weighted by molar-refractivity contribution is -0.126. The summed E-state index contributed by atoms with van der Waals surface area (Å²) in [5.41, 5.74) is 1.18. The molecule has 1 N–H and O–H groups in total. The number of halogens is 1. The molecule has 1 aromatic rings. The number of ether oxygens (including phenoxy) is 1. The monoisotopic (exact) mass is 325 g/mol. The summed E-state index contributed by atoms with van der Waals surface area (Å²) in [4.78, 5) is 16.6. The Bertz CT molecular complexity index is 473. The molecule has 1 heterocycles. The SMILES string of the molecule is COCCNC(=O)[C@H](C)N1CCN(c2ccc(Cl)cc2)CC1. The number of methoxy groups -OCH3 is 1. The Balaban J connectivity index is 1.81. The van der Waals surface area contributed by atoms with Gasteiger partial charge in [-0.25, -0.2) is 0 Å². The highest BCUT2D eigenvalue weighted by Crippen LogP contribution is 2.20. The number of carbonyl (C=O) groups excluding carboxylic acids is 1. The van der Waals surface area contributed by atoms with Crippen molar-refractivity contribution in [1.82, 2.24) is 10.2 Å². The van der Waals surface area contributed by atoms with Gasteiger partial charge in [0, 0.05) is 50.5 Å². The van der Waals surface area contributed by atoms with Crippen LogP contribution in [0.3, 0.4) is 0 Å². The lowest BCUT2D eigenvalue weighted by atomic mass is 10.2. The van der Waals surface area contributed by atoms with Gasteiger partial charge in [0.2, 0.25) is 5.91 Å². The van der Waals surface area contributed by atoms with Gasteiger partial charge in [-0.1, -0.05) is 11.6 Å². The minimum atomic E-state index is -0.107. The molecule has 0 bridgehead atoms. The highest BCUT2D eigenvalue weighted by atomic mass is 35.5. The van der Waals surface area contributed by atoms with Gasteiger partial charge in [0.25, 0.3) is 0 Å². The van der Waals surface area contributed by atoms with Crippen molar-refractivity contribution in [2.24, 2.45) is 0 Å². The zero-order chi connectivity index (χ0) is 15.9. The maximum Gasteiger partial charge on any atom is 0.237 e. The van der Waals surface area contributed by atoms with E-state index >= 15 is 0 Å². The van der Waals surface area contributed by atoms with Crippen LogP contribution in [0, 0.1) is 0 Å². The molecule has 1 aliphatic rings. The molecule has 1 saturated heterocycles. The van der Waals surface area contributed by atoms with E-state index < -0.39 is 0 Å². The van der Waals surface area contributed by atoms with Crippen LogP contribution >= 0.6 is 11.6 Å². The second-order valence-corrected chi connectivity index (χ2v) is 5.90. The number of nitrogens with zero attached hydrogens (tertiary/aromatic N) is 2. The topological polar surface area (TPSA) is 44.8 Å². The summed E-state index contributed by atoms with van der Waals surface area (Å²) in [7, 11) is 1.63. The molecule has 6 heteroatoms. The van der Waals surface area contributed by atoms with Crippen LogP contribution in [0.15, 0.2) is 24.3 Å². The van der Waals surface area contributed by atoms with Gasteiger partial charge in [0.15, 0.2) is 0 Å². The van der Waals surface area contributed by atoms with Crippen molar-refractivity contribution in [1.29, 1.82) is 0 Å². The van der Waals surface area contributed by atoms with Crippen molar-refractivity contribution >= 4 is 23.2 Å². The van der Waals surface area contributed by atoms with E-state index in [0.717, 1.165) is 31.2 Å². The van der Waals surface area contributed by atoms with Crippen LogP contribution < -0.4 is 10.2 Å². The summed E-state index contributed by atoms with van der Waals surface area (Å²) >= 11 is 5.92. The van der Waals surface area contributed by atoms with Crippen LogP contribution in [-0.2, 0) is 9.53 Å². The zero-order valence-corrected chi connectivity index (χ0v) is 14.0. The molecule has 0 aliphatic carbocycles. The molecular weight excluding hydrogens is 302 g/mol. The molecule has 0 aromatic heterocycles. The van der Waals surface area contributed by atoms with E-state index in [-0.39, 0.29) is 11.9 Å². The van der Waals surface area contributed by atoms with Crippen molar-refractivity contribution in [3.05, 3.63) is 29.3 Å². The van der Waals surface area contributed by atoms with Gasteiger partial charge in [0.1, 0.15) is 0 Å². The summed E-state index contributed by atoms with van der Waals surface area (Å²) in [6.45, 7) is 6.64. The van der Waals surface area contributed by atoms with Crippen LogP contribution in [0.2, 0.25) is 5.02 Å². The zero-order valence-electron chi connectivity index (χ0n) is 13.2. The number of benzene rings is 1. The second kappa shape index (κ2) is 8.36. The highest BCUT2D eigenvalue weighted by molar-refractivity contribution is 6.30. The molecule has 1 amide bonds. The minimum absolute atomic E-state index is 0.0667. The molecule has 0 saturated carbocycles. The maximum absolute atomic E-state index is 12.1. The van der Waals surface area contributed by atoms with Crippen molar-refractivity contribution in [2.75, 3.05) is 51.3 Å². The van der Waals surface area contributed by atoms with Gasteiger partial charge in [-0.15, -0.1) is 0 Å². The minimum Gasteiger partial charge on any atom is -0.383 e. The van der Waals surface area contributed by atoms with Crippen LogP contribution in [0.25, 0.3) is 0 Å². The van der Waals surface area contributed by atoms with Crippen molar-refractivity contribution in [3.8, 4) is 0 Å². The quantitative estimate of drug-likeness (QED) is 0.807. The first-order valence-corrected chi connectivity index (χ1v) is 8.01. The molecule has 0 spiro atoms. The van der Waals surface area contributed by atoms with Crippen LogP contribution in [0.1, 0.15) is 6.92 Å². The number of carbonyl (C=O) groups is 1. The molecule has 1 atom stereocenters. The maximum atomic E-state index is 12.1. The largest absolute Gasteiger partial charge is 0.383 e. The van der Waals surface area contributed by atoms with E-state index in [0.29, 0.717) is 13.2 Å². The number of hydrogen-bond donors (Lipinski definition) is 1. The number of anilines is 1. The van der Waals surface area contributed by atoms with Crippen molar-refractivity contribution in [3.63, 3.8) is 0 Å². The normalized spacial score (nSPS) is 17.3. The molecule has 1 aromatic carbocycles. The summed E-state index contributed by atoms with van der Waals surface area (Å²) < 4.78 is 4.94. The first-order valence-electron chi connectivity index (χ1n) is 7.63. The summed E-state index contributed by atoms with van der Waals surface area (Å²) in [6.07, 6.45) is 0. The Kier molecular flexibility index (Phi) is 6.49. The standard InChI is InChI=1S/C16H24ClN3O2/c1-13(16(21)18-7-12-22-2)19-8-10-20(11-9-19)15-5-3-14(17)4-6-15/h3-6,13H,7-12H2,1-2H3,(H,18,21)/t13-/m0/s1. The molecule has 2 rings (SSSR count). The Hall–Kier alpha value is -1.30.